The second kappa shape index (κ2) is 9.96. The third kappa shape index (κ3) is 5.25. The van der Waals surface area contributed by atoms with E-state index < -0.39 is 40.1 Å². The van der Waals surface area contributed by atoms with E-state index in [0.29, 0.717) is 11.8 Å². The fraction of sp³-hybridized carbons (Fsp3) is 0.435. The van der Waals surface area contributed by atoms with Crippen molar-refractivity contribution in [1.29, 1.82) is 0 Å². The standard InChI is InChI=1S/C23H26F3N5O4S/c1-12-8-11-16(35-12)18(13-6-4-5-7-13)28-21-20(29-36(34)30-21)27-15-10-9-14(23(24,25)26)17(19(15)32)22(33)31(2)3/h8-11,13,18,32H,4-7H2,1-3H3,(H,27,29)(H,28,30). The number of amides is 1. The number of aryl methyl sites for hydroxylation is 1. The molecule has 9 nitrogen and oxygen atoms in total. The summed E-state index contributed by atoms with van der Waals surface area (Å²) in [6.07, 6.45) is -0.857. The number of hydrogen-bond donors (Lipinski definition) is 3. The van der Waals surface area contributed by atoms with Crippen molar-refractivity contribution < 1.29 is 31.7 Å². The molecular formula is C23H26F3N5O4S. The highest BCUT2D eigenvalue weighted by atomic mass is 32.2. The Balaban J connectivity index is 1.65. The van der Waals surface area contributed by atoms with E-state index in [1.165, 1.54) is 14.1 Å². The molecule has 2 unspecified atom stereocenters. The van der Waals surface area contributed by atoms with E-state index in [-0.39, 0.29) is 29.3 Å². The first-order chi connectivity index (χ1) is 17.0. The number of carbonyl (C=O) groups is 1. The largest absolute Gasteiger partial charge is 0.505 e. The average Bonchev–Trinajstić information content (AvgIpc) is 3.54. The van der Waals surface area contributed by atoms with E-state index in [1.807, 2.05) is 19.1 Å². The van der Waals surface area contributed by atoms with Gasteiger partial charge in [-0.05, 0) is 49.9 Å². The van der Waals surface area contributed by atoms with E-state index in [1.54, 1.807) is 0 Å². The van der Waals surface area contributed by atoms with Crippen LogP contribution in [-0.2, 0) is 17.3 Å². The third-order valence-corrected chi connectivity index (χ3v) is 6.83. The Morgan fingerprint density at radius 3 is 2.42 bits per heavy atom. The number of carbonyl (C=O) groups excluding carboxylic acids is 1. The highest BCUT2D eigenvalue weighted by molar-refractivity contribution is 7.83. The molecule has 2 aromatic rings. The van der Waals surface area contributed by atoms with Gasteiger partial charge in [0.2, 0.25) is 0 Å². The van der Waals surface area contributed by atoms with Gasteiger partial charge in [-0.15, -0.1) is 8.80 Å². The topological polar surface area (TPSA) is 120 Å². The zero-order valence-electron chi connectivity index (χ0n) is 19.8. The van der Waals surface area contributed by atoms with Crippen LogP contribution in [-0.4, -0.2) is 45.9 Å². The molecule has 13 heteroatoms. The number of benzene rings is 1. The molecule has 0 spiro atoms. The molecule has 0 bridgehead atoms. The van der Waals surface area contributed by atoms with Gasteiger partial charge in [0, 0.05) is 14.1 Å². The van der Waals surface area contributed by atoms with E-state index in [9.17, 15) is 27.3 Å². The van der Waals surface area contributed by atoms with E-state index >= 15 is 0 Å². The SMILES string of the molecule is Cc1ccc(C(NC2=NS(=O)N=C2Nc2ccc(C(F)(F)F)c(C(=O)N(C)C)c2O)C2CCCC2)o1. The van der Waals surface area contributed by atoms with Gasteiger partial charge in [-0.3, -0.25) is 4.79 Å². The molecule has 1 aromatic heterocycles. The van der Waals surface area contributed by atoms with Gasteiger partial charge < -0.3 is 25.1 Å². The number of phenolic OH excluding ortho intramolecular Hbond substituents is 1. The van der Waals surface area contributed by atoms with Crippen molar-refractivity contribution in [3.63, 3.8) is 0 Å². The summed E-state index contributed by atoms with van der Waals surface area (Å²) in [7, 11) is 2.56. The summed E-state index contributed by atoms with van der Waals surface area (Å²) in [5.74, 6) is -0.240. The second-order valence-electron chi connectivity index (χ2n) is 8.93. The van der Waals surface area contributed by atoms with Gasteiger partial charge in [0.15, 0.2) is 17.4 Å². The summed E-state index contributed by atoms with van der Waals surface area (Å²) in [5.41, 5.74) is -2.40. The van der Waals surface area contributed by atoms with Crippen molar-refractivity contribution in [2.45, 2.75) is 44.8 Å². The third-order valence-electron chi connectivity index (χ3n) is 6.15. The highest BCUT2D eigenvalue weighted by Crippen LogP contribution is 2.40. The summed E-state index contributed by atoms with van der Waals surface area (Å²) >= 11 is -1.99. The van der Waals surface area contributed by atoms with E-state index in [2.05, 4.69) is 19.4 Å². The fourth-order valence-electron chi connectivity index (χ4n) is 4.42. The number of halogens is 3. The van der Waals surface area contributed by atoms with Crippen LogP contribution in [0.4, 0.5) is 18.9 Å². The van der Waals surface area contributed by atoms with E-state index in [4.69, 9.17) is 4.42 Å². The summed E-state index contributed by atoms with van der Waals surface area (Å²) in [4.78, 5) is 13.4. The molecular weight excluding hydrogens is 499 g/mol. The van der Waals surface area contributed by atoms with Crippen LogP contribution in [0.15, 0.2) is 37.5 Å². The summed E-state index contributed by atoms with van der Waals surface area (Å²) < 4.78 is 66.6. The lowest BCUT2D eigenvalue weighted by molar-refractivity contribution is -0.138. The van der Waals surface area contributed by atoms with Crippen molar-refractivity contribution in [2.24, 2.45) is 14.7 Å². The minimum absolute atomic E-state index is 0.0436. The van der Waals surface area contributed by atoms with Crippen molar-refractivity contribution in [1.82, 2.24) is 10.2 Å². The molecule has 1 aliphatic heterocycles. The monoisotopic (exact) mass is 525 g/mol. The Labute approximate surface area is 208 Å². The molecule has 4 rings (SSSR count). The Morgan fingerprint density at radius 2 is 1.83 bits per heavy atom. The number of phenols is 1. The number of aromatic hydroxyl groups is 1. The number of nitrogens with zero attached hydrogens (tertiary/aromatic N) is 3. The Hall–Kier alpha value is -3.35. The molecule has 0 radical (unpaired) electrons. The molecule has 1 fully saturated rings. The van der Waals surface area contributed by atoms with Crippen molar-refractivity contribution >= 4 is 34.4 Å². The number of amidine groups is 2. The summed E-state index contributed by atoms with van der Waals surface area (Å²) in [6.45, 7) is 1.83. The van der Waals surface area contributed by atoms with Gasteiger partial charge in [0.25, 0.3) is 17.1 Å². The molecule has 0 saturated heterocycles. The lowest BCUT2D eigenvalue weighted by atomic mass is 9.96. The van der Waals surface area contributed by atoms with Gasteiger partial charge in [-0.25, -0.2) is 4.21 Å². The molecule has 194 valence electrons. The summed E-state index contributed by atoms with van der Waals surface area (Å²) in [6, 6.07) is 5.07. The zero-order valence-corrected chi connectivity index (χ0v) is 20.7. The first-order valence-electron chi connectivity index (χ1n) is 11.3. The molecule has 2 atom stereocenters. The maximum atomic E-state index is 13.6. The molecule has 1 saturated carbocycles. The first-order valence-corrected chi connectivity index (χ1v) is 12.4. The Kier molecular flexibility index (Phi) is 7.12. The quantitative estimate of drug-likeness (QED) is 0.500. The predicted octanol–water partition coefficient (Wildman–Crippen LogP) is 4.34. The van der Waals surface area contributed by atoms with Crippen LogP contribution in [0, 0.1) is 12.8 Å². The number of furan rings is 1. The Morgan fingerprint density at radius 1 is 1.17 bits per heavy atom. The Bertz CT molecular complexity index is 1250. The average molecular weight is 526 g/mol. The molecule has 2 heterocycles. The van der Waals surface area contributed by atoms with E-state index in [0.717, 1.165) is 42.4 Å². The minimum atomic E-state index is -4.87. The maximum absolute atomic E-state index is 13.6. The lowest BCUT2D eigenvalue weighted by Gasteiger charge is -2.24. The number of nitrogens with one attached hydrogen (secondary N) is 2. The number of alkyl halides is 3. The molecule has 1 aromatic carbocycles. The normalized spacial score (nSPS) is 19.1. The molecule has 2 aliphatic rings. The fourth-order valence-corrected chi connectivity index (χ4v) is 5.04. The number of hydrogen-bond acceptors (Lipinski definition) is 6. The van der Waals surface area contributed by atoms with Crippen LogP contribution in [0.3, 0.4) is 0 Å². The first kappa shape index (κ1) is 25.7. The minimum Gasteiger partial charge on any atom is -0.505 e. The highest BCUT2D eigenvalue weighted by Gasteiger charge is 2.39. The maximum Gasteiger partial charge on any atom is 0.417 e. The van der Waals surface area contributed by atoms with Gasteiger partial charge in [-0.1, -0.05) is 12.8 Å². The van der Waals surface area contributed by atoms with Crippen LogP contribution in [0.25, 0.3) is 0 Å². The van der Waals surface area contributed by atoms with Crippen molar-refractivity contribution in [2.75, 3.05) is 19.4 Å². The number of anilines is 1. The van der Waals surface area contributed by atoms with Crippen LogP contribution in [0.5, 0.6) is 5.75 Å². The van der Waals surface area contributed by atoms with Gasteiger partial charge >= 0.3 is 6.18 Å². The molecule has 1 aliphatic carbocycles. The van der Waals surface area contributed by atoms with Gasteiger partial charge in [-0.2, -0.15) is 13.2 Å². The predicted molar refractivity (Wildman–Crippen MR) is 129 cm³/mol. The van der Waals surface area contributed by atoms with Gasteiger partial charge in [0.05, 0.1) is 22.9 Å². The molecule has 36 heavy (non-hydrogen) atoms. The van der Waals surface area contributed by atoms with Crippen molar-refractivity contribution in [3.05, 3.63) is 46.9 Å². The number of rotatable bonds is 5. The zero-order chi connectivity index (χ0) is 26.2. The smallest absolute Gasteiger partial charge is 0.417 e. The molecule has 3 N–H and O–H groups in total. The van der Waals surface area contributed by atoms with Crippen LogP contribution in [0.1, 0.15) is 59.2 Å². The lowest BCUT2D eigenvalue weighted by Crippen LogP contribution is -2.39. The van der Waals surface area contributed by atoms with Crippen LogP contribution < -0.4 is 10.6 Å². The van der Waals surface area contributed by atoms with Gasteiger partial charge in [0.1, 0.15) is 11.5 Å². The van der Waals surface area contributed by atoms with Crippen LogP contribution >= 0.6 is 0 Å². The second-order valence-corrected chi connectivity index (χ2v) is 9.76. The van der Waals surface area contributed by atoms with Crippen molar-refractivity contribution in [3.8, 4) is 5.75 Å². The van der Waals surface area contributed by atoms with Crippen LogP contribution in [0.2, 0.25) is 0 Å². The molecule has 1 amide bonds. The summed E-state index contributed by atoms with van der Waals surface area (Å²) in [5, 5.41) is 16.6.